The van der Waals surface area contributed by atoms with Crippen LogP contribution in [0.5, 0.6) is 0 Å². The zero-order valence-electron chi connectivity index (χ0n) is 14.1. The summed E-state index contributed by atoms with van der Waals surface area (Å²) in [6, 6.07) is 10.4. The van der Waals surface area contributed by atoms with Gasteiger partial charge < -0.3 is 16.0 Å². The lowest BCUT2D eigenvalue weighted by molar-refractivity contribution is -0.124. The van der Waals surface area contributed by atoms with Crippen molar-refractivity contribution in [1.82, 2.24) is 16.0 Å². The predicted octanol–water partition coefficient (Wildman–Crippen LogP) is 1.97. The quantitative estimate of drug-likeness (QED) is 0.550. The van der Waals surface area contributed by atoms with Crippen LogP contribution in [0, 0.1) is 5.92 Å². The maximum atomic E-state index is 12.6. The van der Waals surface area contributed by atoms with E-state index in [9.17, 15) is 4.79 Å². The van der Waals surface area contributed by atoms with Crippen molar-refractivity contribution < 1.29 is 4.79 Å². The smallest absolute Gasteiger partial charge is 0.237 e. The normalized spacial score (nSPS) is 23.4. The molecule has 0 radical (unpaired) electrons. The number of thiol groups is 1. The van der Waals surface area contributed by atoms with Crippen LogP contribution in [-0.2, 0) is 11.3 Å². The predicted molar refractivity (Wildman–Crippen MR) is 98.7 cm³/mol. The Balaban J connectivity index is 1.85. The summed E-state index contributed by atoms with van der Waals surface area (Å²) in [5, 5.41) is 10.3. The highest BCUT2D eigenvalue weighted by atomic mass is 32.1. The fourth-order valence-electron chi connectivity index (χ4n) is 2.90. The van der Waals surface area contributed by atoms with E-state index in [2.05, 4.69) is 54.6 Å². The van der Waals surface area contributed by atoms with Crippen LogP contribution >= 0.6 is 12.6 Å². The summed E-state index contributed by atoms with van der Waals surface area (Å²) in [5.74, 6) is 0.396. The Hall–Kier alpha value is -1.04. The summed E-state index contributed by atoms with van der Waals surface area (Å²) in [5.41, 5.74) is 1.20. The van der Waals surface area contributed by atoms with Gasteiger partial charge in [0.15, 0.2) is 0 Å². The lowest BCUT2D eigenvalue weighted by atomic mass is 9.98. The van der Waals surface area contributed by atoms with Gasteiger partial charge in [0.05, 0.1) is 6.04 Å². The molecule has 0 saturated carbocycles. The van der Waals surface area contributed by atoms with Crippen LogP contribution in [-0.4, -0.2) is 36.3 Å². The topological polar surface area (TPSA) is 53.2 Å². The van der Waals surface area contributed by atoms with Gasteiger partial charge in [0.1, 0.15) is 0 Å². The molecule has 1 fully saturated rings. The molecule has 1 heterocycles. The summed E-state index contributed by atoms with van der Waals surface area (Å²) >= 11 is 4.47. The number of hydrogen-bond donors (Lipinski definition) is 4. The van der Waals surface area contributed by atoms with Crippen LogP contribution in [0.1, 0.15) is 32.3 Å². The van der Waals surface area contributed by atoms with Gasteiger partial charge >= 0.3 is 0 Å². The average Bonchev–Trinajstić information content (AvgIpc) is 2.99. The van der Waals surface area contributed by atoms with E-state index in [-0.39, 0.29) is 11.9 Å². The molecule has 2 rings (SSSR count). The standard InChI is InChI=1S/C18H29N3OS/c1-3-13(2)17(20-10-14-7-5-4-6-8-14)18(22)21-11-15-9-16(23)12-19-15/h4-8,13,15-17,19-20,23H,3,9-12H2,1-2H3,(H,21,22)/t13-,15?,16?,17-/m0/s1. The minimum absolute atomic E-state index is 0.0969. The summed E-state index contributed by atoms with van der Waals surface area (Å²) in [6.45, 7) is 6.56. The molecule has 23 heavy (non-hydrogen) atoms. The lowest BCUT2D eigenvalue weighted by Crippen LogP contribution is -2.50. The number of benzene rings is 1. The van der Waals surface area contributed by atoms with Crippen LogP contribution in [0.2, 0.25) is 0 Å². The van der Waals surface area contributed by atoms with Crippen molar-refractivity contribution in [3.05, 3.63) is 35.9 Å². The number of rotatable bonds is 8. The first kappa shape index (κ1) is 18.3. The van der Waals surface area contributed by atoms with Crippen LogP contribution in [0.25, 0.3) is 0 Å². The minimum Gasteiger partial charge on any atom is -0.353 e. The van der Waals surface area contributed by atoms with Crippen molar-refractivity contribution in [3.8, 4) is 0 Å². The number of nitrogens with one attached hydrogen (secondary N) is 3. The summed E-state index contributed by atoms with van der Waals surface area (Å²) < 4.78 is 0. The highest BCUT2D eigenvalue weighted by Crippen LogP contribution is 2.12. The number of carbonyl (C=O) groups excluding carboxylic acids is 1. The Bertz CT molecular complexity index is 482. The van der Waals surface area contributed by atoms with Gasteiger partial charge in [-0.2, -0.15) is 12.6 Å². The zero-order valence-corrected chi connectivity index (χ0v) is 15.0. The van der Waals surface area contributed by atoms with Crippen molar-refractivity contribution in [3.63, 3.8) is 0 Å². The fraction of sp³-hybridized carbons (Fsp3) is 0.611. The molecule has 4 atom stereocenters. The number of carbonyl (C=O) groups is 1. The molecular weight excluding hydrogens is 306 g/mol. The SMILES string of the molecule is CC[C@H](C)[C@H](NCc1ccccc1)C(=O)NCC1CC(S)CN1. The molecule has 128 valence electrons. The molecule has 1 saturated heterocycles. The molecule has 1 aromatic rings. The Morgan fingerprint density at radius 1 is 1.39 bits per heavy atom. The maximum absolute atomic E-state index is 12.6. The molecule has 1 amide bonds. The van der Waals surface area contributed by atoms with Gasteiger partial charge in [-0.3, -0.25) is 4.79 Å². The van der Waals surface area contributed by atoms with E-state index in [1.54, 1.807) is 0 Å². The first-order valence-electron chi connectivity index (χ1n) is 8.56. The maximum Gasteiger partial charge on any atom is 0.237 e. The summed E-state index contributed by atoms with van der Waals surface area (Å²) in [6.07, 6.45) is 1.98. The molecule has 5 heteroatoms. The minimum atomic E-state index is -0.159. The second-order valence-corrected chi connectivity index (χ2v) is 7.20. The van der Waals surface area contributed by atoms with Gasteiger partial charge in [-0.25, -0.2) is 0 Å². The molecule has 0 bridgehead atoms. The molecule has 1 aromatic carbocycles. The second-order valence-electron chi connectivity index (χ2n) is 6.47. The Morgan fingerprint density at radius 2 is 2.13 bits per heavy atom. The van der Waals surface area contributed by atoms with Crippen LogP contribution in [0.4, 0.5) is 0 Å². The van der Waals surface area contributed by atoms with Crippen molar-refractivity contribution in [2.75, 3.05) is 13.1 Å². The molecule has 0 aromatic heterocycles. The third kappa shape index (κ3) is 5.83. The third-order valence-electron chi connectivity index (χ3n) is 4.59. The van der Waals surface area contributed by atoms with Crippen LogP contribution in [0.3, 0.4) is 0 Å². The van der Waals surface area contributed by atoms with Gasteiger partial charge in [-0.1, -0.05) is 50.6 Å². The van der Waals surface area contributed by atoms with E-state index >= 15 is 0 Å². The summed E-state index contributed by atoms with van der Waals surface area (Å²) in [4.78, 5) is 12.6. The van der Waals surface area contributed by atoms with Crippen molar-refractivity contribution in [2.24, 2.45) is 5.92 Å². The molecule has 2 unspecified atom stereocenters. The van der Waals surface area contributed by atoms with Crippen molar-refractivity contribution in [2.45, 2.75) is 50.6 Å². The lowest BCUT2D eigenvalue weighted by Gasteiger charge is -2.24. The Labute approximate surface area is 145 Å². The second kappa shape index (κ2) is 9.30. The fourth-order valence-corrected chi connectivity index (χ4v) is 3.26. The first-order chi connectivity index (χ1) is 11.1. The molecule has 4 nitrogen and oxygen atoms in total. The van der Waals surface area contributed by atoms with Gasteiger partial charge in [0.2, 0.25) is 5.91 Å². The Morgan fingerprint density at radius 3 is 2.74 bits per heavy atom. The van der Waals surface area contributed by atoms with E-state index in [0.717, 1.165) is 19.4 Å². The van der Waals surface area contributed by atoms with Crippen LogP contribution in [0.15, 0.2) is 30.3 Å². The van der Waals surface area contributed by atoms with Crippen molar-refractivity contribution >= 4 is 18.5 Å². The van der Waals surface area contributed by atoms with Crippen molar-refractivity contribution in [1.29, 1.82) is 0 Å². The molecular formula is C18H29N3OS. The molecule has 0 aliphatic carbocycles. The first-order valence-corrected chi connectivity index (χ1v) is 9.08. The number of hydrogen-bond acceptors (Lipinski definition) is 4. The molecule has 1 aliphatic heterocycles. The number of amides is 1. The molecule has 3 N–H and O–H groups in total. The van der Waals surface area contributed by atoms with E-state index in [0.29, 0.717) is 30.3 Å². The average molecular weight is 336 g/mol. The van der Waals surface area contributed by atoms with Gasteiger partial charge in [-0.05, 0) is 17.9 Å². The highest BCUT2D eigenvalue weighted by molar-refractivity contribution is 7.81. The Kier molecular flexibility index (Phi) is 7.40. The van der Waals surface area contributed by atoms with E-state index in [1.165, 1.54) is 5.56 Å². The van der Waals surface area contributed by atoms with Gasteiger partial charge in [-0.15, -0.1) is 0 Å². The van der Waals surface area contributed by atoms with E-state index < -0.39 is 0 Å². The van der Waals surface area contributed by atoms with E-state index in [1.807, 2.05) is 18.2 Å². The third-order valence-corrected chi connectivity index (χ3v) is 4.98. The van der Waals surface area contributed by atoms with Crippen LogP contribution < -0.4 is 16.0 Å². The molecule has 0 spiro atoms. The zero-order chi connectivity index (χ0) is 16.7. The van der Waals surface area contributed by atoms with Gasteiger partial charge in [0.25, 0.3) is 0 Å². The van der Waals surface area contributed by atoms with E-state index in [4.69, 9.17) is 0 Å². The highest BCUT2D eigenvalue weighted by Gasteiger charge is 2.26. The largest absolute Gasteiger partial charge is 0.353 e. The summed E-state index contributed by atoms with van der Waals surface area (Å²) in [7, 11) is 0. The van der Waals surface area contributed by atoms with Gasteiger partial charge in [0, 0.05) is 30.9 Å². The monoisotopic (exact) mass is 335 g/mol. The molecule has 1 aliphatic rings.